The number of hydrogen-bond acceptors (Lipinski definition) is 6. The van der Waals surface area contributed by atoms with Crippen molar-refractivity contribution in [1.29, 1.82) is 0 Å². The monoisotopic (exact) mass is 456 g/mol. The predicted molar refractivity (Wildman–Crippen MR) is 111 cm³/mol. The Hall–Kier alpha value is -3.41. The molecule has 4 N–H and O–H groups in total. The van der Waals surface area contributed by atoms with Gasteiger partial charge in [0.1, 0.15) is 16.8 Å². The lowest BCUT2D eigenvalue weighted by Crippen LogP contribution is -2.36. The molecule has 2 aromatic carbocycles. The fourth-order valence-corrected chi connectivity index (χ4v) is 2.86. The van der Waals surface area contributed by atoms with Crippen LogP contribution in [0.4, 0.5) is 45.1 Å². The zero-order chi connectivity index (χ0) is 22.7. The van der Waals surface area contributed by atoms with Gasteiger partial charge in [-0.15, -0.1) is 0 Å². The highest BCUT2D eigenvalue weighted by atomic mass is 32.1. The Morgan fingerprint density at radius 1 is 1.19 bits per heavy atom. The third kappa shape index (κ3) is 5.20. The first-order valence-corrected chi connectivity index (χ1v) is 9.26. The van der Waals surface area contributed by atoms with Gasteiger partial charge in [0.2, 0.25) is 5.43 Å². The van der Waals surface area contributed by atoms with Gasteiger partial charge in [0, 0.05) is 17.8 Å². The first-order chi connectivity index (χ1) is 14.7. The van der Waals surface area contributed by atoms with Crippen LogP contribution in [0.2, 0.25) is 0 Å². The van der Waals surface area contributed by atoms with E-state index in [0.717, 1.165) is 23.1 Å². The van der Waals surface area contributed by atoms with E-state index in [2.05, 4.69) is 22.9 Å². The van der Waals surface area contributed by atoms with Gasteiger partial charge in [-0.2, -0.15) is 0 Å². The summed E-state index contributed by atoms with van der Waals surface area (Å²) in [6.07, 6.45) is -4.58. The molecule has 12 heteroatoms. The largest absolute Gasteiger partial charge is 0.442 e. The van der Waals surface area contributed by atoms with Gasteiger partial charge >= 0.3 is 6.09 Å². The van der Waals surface area contributed by atoms with Crippen LogP contribution in [0.25, 0.3) is 0 Å². The molecule has 2 aromatic rings. The van der Waals surface area contributed by atoms with Crippen LogP contribution in [0.1, 0.15) is 0 Å². The van der Waals surface area contributed by atoms with Crippen molar-refractivity contribution < 1.29 is 27.1 Å². The minimum atomic E-state index is -2.85. The molecule has 7 nitrogen and oxygen atoms in total. The second kappa shape index (κ2) is 9.16. The zero-order valence-corrected chi connectivity index (χ0v) is 16.5. The van der Waals surface area contributed by atoms with Crippen molar-refractivity contribution in [3.63, 3.8) is 0 Å². The van der Waals surface area contributed by atoms with Gasteiger partial charge < -0.3 is 21.1 Å². The molecular formula is C19H16F4N4O3S. The average Bonchev–Trinajstić information content (AvgIpc) is 3.01. The molecule has 0 aliphatic carbocycles. The van der Waals surface area contributed by atoms with E-state index < -0.39 is 46.4 Å². The summed E-state index contributed by atoms with van der Waals surface area (Å²) < 4.78 is 59.1. The molecule has 0 aromatic heterocycles. The number of nitrogens with zero attached hydrogens (tertiary/aromatic N) is 1. The maximum Gasteiger partial charge on any atom is 0.414 e. The number of nitrogens with two attached hydrogens (primary N) is 1. The Labute approximate surface area is 178 Å². The van der Waals surface area contributed by atoms with Gasteiger partial charge in [-0.05, 0) is 24.3 Å². The molecular weight excluding hydrogens is 440 g/mol. The number of amides is 1. The van der Waals surface area contributed by atoms with E-state index in [9.17, 15) is 27.2 Å². The third-order valence-corrected chi connectivity index (χ3v) is 4.65. The molecule has 1 fully saturated rings. The smallest absolute Gasteiger partial charge is 0.414 e. The molecule has 0 radical (unpaired) electrons. The zero-order valence-electron chi connectivity index (χ0n) is 15.7. The number of thiocarbonyl (C=S) groups is 1. The summed E-state index contributed by atoms with van der Waals surface area (Å²) in [4.78, 5) is 23.9. The number of anilines is 4. The van der Waals surface area contributed by atoms with Crippen LogP contribution in [-0.4, -0.2) is 36.7 Å². The second-order valence-corrected chi connectivity index (χ2v) is 6.95. The number of carbonyl (C=O) groups excluding carboxylic acids is 1. The molecule has 1 atom stereocenters. The van der Waals surface area contributed by atoms with Crippen molar-refractivity contribution in [1.82, 2.24) is 5.32 Å². The van der Waals surface area contributed by atoms with Crippen molar-refractivity contribution in [2.45, 2.75) is 12.5 Å². The molecule has 164 valence electrons. The quantitative estimate of drug-likeness (QED) is 0.454. The number of nitrogen functional groups attached to an aromatic ring is 1. The topological polar surface area (TPSA) is 96.7 Å². The summed E-state index contributed by atoms with van der Waals surface area (Å²) in [5.74, 6) is -2.02. The predicted octanol–water partition coefficient (Wildman–Crippen LogP) is 3.16. The number of benzene rings is 1. The van der Waals surface area contributed by atoms with E-state index in [1.165, 1.54) is 18.2 Å². The average molecular weight is 456 g/mol. The van der Waals surface area contributed by atoms with Crippen molar-refractivity contribution in [3.8, 4) is 0 Å². The van der Waals surface area contributed by atoms with Gasteiger partial charge in [0.25, 0.3) is 6.43 Å². The molecule has 31 heavy (non-hydrogen) atoms. The van der Waals surface area contributed by atoms with Crippen molar-refractivity contribution in [2.75, 3.05) is 29.0 Å². The number of rotatable bonds is 6. The molecule has 1 aliphatic heterocycles. The number of alkyl halides is 2. The Kier molecular flexibility index (Phi) is 6.59. The minimum absolute atomic E-state index is 0.0322. The van der Waals surface area contributed by atoms with Crippen molar-refractivity contribution >= 4 is 46.0 Å². The standard InChI is InChI=1S/C19H16F4N4O3S/c20-12-5-10(27-8-11(30-19(27)29)7-25-18(31)17(22)23)6-13(21)16(12)26-9-1-3-14(24)15(28)4-2-9/h1-6,11,17,26H,7-8H2,(H2,24,28)(H,25,31)/t11-/m0/s1. The fraction of sp³-hybridized carbons (Fsp3) is 0.211. The second-order valence-electron chi connectivity index (χ2n) is 6.51. The van der Waals surface area contributed by atoms with Crippen molar-refractivity contribution in [2.24, 2.45) is 0 Å². The summed E-state index contributed by atoms with van der Waals surface area (Å²) in [6, 6.07) is 6.97. The maximum atomic E-state index is 14.6. The van der Waals surface area contributed by atoms with Gasteiger partial charge in [0.05, 0.1) is 24.5 Å². The highest BCUT2D eigenvalue weighted by Crippen LogP contribution is 2.30. The Balaban J connectivity index is 1.76. The Bertz CT molecular complexity index is 1060. The Morgan fingerprint density at radius 2 is 1.84 bits per heavy atom. The first kappa shape index (κ1) is 22.3. The molecule has 1 aliphatic rings. The van der Waals surface area contributed by atoms with Crippen LogP contribution in [-0.2, 0) is 4.74 Å². The van der Waals surface area contributed by atoms with E-state index in [4.69, 9.17) is 10.5 Å². The summed E-state index contributed by atoms with van der Waals surface area (Å²) in [5, 5.41) is 4.80. The molecule has 3 rings (SSSR count). The normalized spacial score (nSPS) is 15.7. The van der Waals surface area contributed by atoms with E-state index in [1.807, 2.05) is 0 Å². The molecule has 0 saturated carbocycles. The first-order valence-electron chi connectivity index (χ1n) is 8.85. The summed E-state index contributed by atoms with van der Waals surface area (Å²) in [5.41, 5.74) is 4.61. The highest BCUT2D eigenvalue weighted by molar-refractivity contribution is 7.80. The lowest BCUT2D eigenvalue weighted by molar-refractivity contribution is 0.142. The van der Waals surface area contributed by atoms with Crippen molar-refractivity contribution in [3.05, 3.63) is 58.3 Å². The number of hydrogen-bond donors (Lipinski definition) is 3. The third-order valence-electron chi connectivity index (χ3n) is 4.33. The summed E-state index contributed by atoms with van der Waals surface area (Å²) in [6.45, 7) is -0.296. The van der Waals surface area contributed by atoms with E-state index in [-0.39, 0.29) is 30.2 Å². The number of carbonyl (C=O) groups is 1. The number of cyclic esters (lactones) is 1. The van der Waals surface area contributed by atoms with Crippen LogP contribution in [0.5, 0.6) is 0 Å². The highest BCUT2D eigenvalue weighted by Gasteiger charge is 2.33. The minimum Gasteiger partial charge on any atom is -0.442 e. The molecule has 0 spiro atoms. The van der Waals surface area contributed by atoms with Gasteiger partial charge in [-0.25, -0.2) is 22.4 Å². The SMILES string of the molecule is Nc1ccc(Nc2c(F)cc(N3C[C@H](CNC(=S)C(F)F)OC3=O)cc2F)ccc1=O. The molecule has 1 amide bonds. The van der Waals surface area contributed by atoms with E-state index in [0.29, 0.717) is 0 Å². The molecule has 1 saturated heterocycles. The number of halogens is 4. The number of nitrogens with one attached hydrogen (secondary N) is 2. The van der Waals surface area contributed by atoms with Crippen LogP contribution < -0.4 is 26.7 Å². The van der Waals surface area contributed by atoms with Crippen LogP contribution >= 0.6 is 12.2 Å². The van der Waals surface area contributed by atoms with Gasteiger partial charge in [0.15, 0.2) is 11.6 Å². The lowest BCUT2D eigenvalue weighted by Gasteiger charge is -2.16. The maximum absolute atomic E-state index is 14.6. The summed E-state index contributed by atoms with van der Waals surface area (Å²) in [7, 11) is 0. The molecule has 1 heterocycles. The fourth-order valence-electron chi connectivity index (χ4n) is 2.77. The molecule has 0 unspecified atom stereocenters. The van der Waals surface area contributed by atoms with Gasteiger partial charge in [-0.3, -0.25) is 9.69 Å². The lowest BCUT2D eigenvalue weighted by atomic mass is 10.2. The van der Waals surface area contributed by atoms with E-state index >= 15 is 0 Å². The Morgan fingerprint density at radius 3 is 2.48 bits per heavy atom. The number of ether oxygens (including phenoxy) is 1. The molecule has 0 bridgehead atoms. The van der Waals surface area contributed by atoms with Crippen LogP contribution in [0, 0.1) is 11.6 Å². The summed E-state index contributed by atoms with van der Waals surface area (Å²) >= 11 is 4.44. The van der Waals surface area contributed by atoms with Crippen LogP contribution in [0.15, 0.2) is 41.2 Å². The van der Waals surface area contributed by atoms with Gasteiger partial charge in [-0.1, -0.05) is 12.2 Å². The van der Waals surface area contributed by atoms with E-state index in [1.54, 1.807) is 0 Å². The van der Waals surface area contributed by atoms with Crippen LogP contribution in [0.3, 0.4) is 0 Å².